The zero-order valence-electron chi connectivity index (χ0n) is 9.25. The van der Waals surface area contributed by atoms with Gasteiger partial charge in [0.05, 0.1) is 5.56 Å². The minimum atomic E-state index is -1.44. The van der Waals surface area contributed by atoms with Crippen LogP contribution in [-0.4, -0.2) is 11.1 Å². The summed E-state index contributed by atoms with van der Waals surface area (Å²) in [6.45, 7) is 0. The number of carboxylic acids is 1. The van der Waals surface area contributed by atoms with Crippen molar-refractivity contribution in [3.05, 3.63) is 58.4 Å². The second-order valence-corrected chi connectivity index (χ2v) is 4.19. The summed E-state index contributed by atoms with van der Waals surface area (Å²) in [6.07, 6.45) is 0. The molecular formula is C13H6ClF3O2. The third-order valence-corrected chi connectivity index (χ3v) is 2.73. The van der Waals surface area contributed by atoms with Crippen molar-refractivity contribution in [1.29, 1.82) is 0 Å². The molecule has 0 unspecified atom stereocenters. The van der Waals surface area contributed by atoms with Crippen LogP contribution in [-0.2, 0) is 0 Å². The maximum absolute atomic E-state index is 13.7. The lowest BCUT2D eigenvalue weighted by atomic mass is 10.0. The van der Waals surface area contributed by atoms with E-state index in [1.54, 1.807) is 0 Å². The van der Waals surface area contributed by atoms with Gasteiger partial charge in [0.1, 0.15) is 5.82 Å². The van der Waals surface area contributed by atoms with Crippen LogP contribution >= 0.6 is 11.6 Å². The number of carboxylic acid groups (broad SMARTS) is 1. The summed E-state index contributed by atoms with van der Waals surface area (Å²) in [7, 11) is 0. The highest BCUT2D eigenvalue weighted by Gasteiger charge is 2.18. The van der Waals surface area contributed by atoms with Gasteiger partial charge >= 0.3 is 5.97 Å². The number of halogens is 4. The Balaban J connectivity index is 2.70. The van der Waals surface area contributed by atoms with Gasteiger partial charge in [0, 0.05) is 16.1 Å². The van der Waals surface area contributed by atoms with Gasteiger partial charge in [-0.15, -0.1) is 0 Å². The average molecular weight is 287 g/mol. The van der Waals surface area contributed by atoms with E-state index in [-0.39, 0.29) is 10.6 Å². The van der Waals surface area contributed by atoms with Gasteiger partial charge in [-0.05, 0) is 30.3 Å². The van der Waals surface area contributed by atoms with E-state index in [1.165, 1.54) is 6.07 Å². The highest BCUT2D eigenvalue weighted by molar-refractivity contribution is 6.30. The Morgan fingerprint density at radius 3 is 2.26 bits per heavy atom. The van der Waals surface area contributed by atoms with Gasteiger partial charge < -0.3 is 5.11 Å². The lowest BCUT2D eigenvalue weighted by Gasteiger charge is -2.07. The van der Waals surface area contributed by atoms with Crippen LogP contribution in [0.3, 0.4) is 0 Å². The largest absolute Gasteiger partial charge is 0.478 e. The summed E-state index contributed by atoms with van der Waals surface area (Å²) in [5, 5.41) is 8.87. The second kappa shape index (κ2) is 4.93. The van der Waals surface area contributed by atoms with Crippen LogP contribution in [0.25, 0.3) is 11.1 Å². The highest BCUT2D eigenvalue weighted by Crippen LogP contribution is 2.29. The predicted octanol–water partition coefficient (Wildman–Crippen LogP) is 4.12. The first kappa shape index (κ1) is 13.4. The van der Waals surface area contributed by atoms with Crippen LogP contribution < -0.4 is 0 Å². The molecule has 0 aliphatic heterocycles. The fraction of sp³-hybridized carbons (Fsp3) is 0. The smallest absolute Gasteiger partial charge is 0.335 e. The lowest BCUT2D eigenvalue weighted by Crippen LogP contribution is -2.01. The zero-order valence-corrected chi connectivity index (χ0v) is 10.0. The van der Waals surface area contributed by atoms with E-state index in [4.69, 9.17) is 16.7 Å². The van der Waals surface area contributed by atoms with Gasteiger partial charge in [-0.25, -0.2) is 18.0 Å². The van der Waals surface area contributed by atoms with Gasteiger partial charge in [0.15, 0.2) is 11.6 Å². The van der Waals surface area contributed by atoms with E-state index >= 15 is 0 Å². The molecule has 0 bridgehead atoms. The normalized spacial score (nSPS) is 10.5. The van der Waals surface area contributed by atoms with Crippen LogP contribution in [0.15, 0.2) is 30.3 Å². The SMILES string of the molecule is O=C(O)c1cc(F)c(F)c(-c2ccc(Cl)cc2F)c1. The van der Waals surface area contributed by atoms with E-state index in [9.17, 15) is 18.0 Å². The molecule has 0 aliphatic rings. The second-order valence-electron chi connectivity index (χ2n) is 3.75. The Kier molecular flexibility index (Phi) is 3.48. The monoisotopic (exact) mass is 286 g/mol. The molecule has 2 rings (SSSR count). The van der Waals surface area contributed by atoms with E-state index in [0.29, 0.717) is 6.07 Å². The first-order valence-electron chi connectivity index (χ1n) is 5.08. The molecule has 2 nitrogen and oxygen atoms in total. The van der Waals surface area contributed by atoms with Crippen molar-refractivity contribution in [3.63, 3.8) is 0 Å². The van der Waals surface area contributed by atoms with Crippen LogP contribution in [0.1, 0.15) is 10.4 Å². The number of hydrogen-bond acceptors (Lipinski definition) is 1. The van der Waals surface area contributed by atoms with Crippen molar-refractivity contribution in [1.82, 2.24) is 0 Å². The zero-order chi connectivity index (χ0) is 14.2. The molecule has 0 fully saturated rings. The fourth-order valence-corrected chi connectivity index (χ4v) is 1.78. The third kappa shape index (κ3) is 2.56. The third-order valence-electron chi connectivity index (χ3n) is 2.50. The summed E-state index contributed by atoms with van der Waals surface area (Å²) in [5.74, 6) is -4.97. The van der Waals surface area contributed by atoms with Crippen molar-refractivity contribution < 1.29 is 23.1 Å². The molecule has 0 spiro atoms. The van der Waals surface area contributed by atoms with Crippen LogP contribution in [0.5, 0.6) is 0 Å². The van der Waals surface area contributed by atoms with Gasteiger partial charge in [0.2, 0.25) is 0 Å². The molecule has 0 aromatic heterocycles. The number of benzene rings is 2. The van der Waals surface area contributed by atoms with E-state index in [0.717, 1.165) is 18.2 Å². The summed E-state index contributed by atoms with van der Waals surface area (Å²) in [4.78, 5) is 10.8. The number of hydrogen-bond donors (Lipinski definition) is 1. The van der Waals surface area contributed by atoms with Crippen molar-refractivity contribution >= 4 is 17.6 Å². The molecule has 0 amide bonds. The van der Waals surface area contributed by atoms with Crippen LogP contribution in [0, 0.1) is 17.5 Å². The molecule has 19 heavy (non-hydrogen) atoms. The van der Waals surface area contributed by atoms with E-state index < -0.39 is 34.5 Å². The predicted molar refractivity (Wildman–Crippen MR) is 63.7 cm³/mol. The molecule has 0 radical (unpaired) electrons. The van der Waals surface area contributed by atoms with Crippen molar-refractivity contribution in [3.8, 4) is 11.1 Å². The van der Waals surface area contributed by atoms with Crippen molar-refractivity contribution in [2.24, 2.45) is 0 Å². The molecule has 0 saturated carbocycles. The molecule has 0 atom stereocenters. The number of carbonyl (C=O) groups is 1. The standard InChI is InChI=1S/C13H6ClF3O2/c14-7-1-2-8(10(15)5-7)9-3-6(13(18)19)4-11(16)12(9)17/h1-5H,(H,18,19). The Bertz CT molecular complexity index is 671. The van der Waals surface area contributed by atoms with Crippen LogP contribution in [0.2, 0.25) is 5.02 Å². The minimum Gasteiger partial charge on any atom is -0.478 e. The molecule has 2 aromatic rings. The first-order valence-corrected chi connectivity index (χ1v) is 5.45. The number of aromatic carboxylic acids is 1. The van der Waals surface area contributed by atoms with Gasteiger partial charge in [-0.2, -0.15) is 0 Å². The average Bonchev–Trinajstić information content (AvgIpc) is 2.33. The highest BCUT2D eigenvalue weighted by atomic mass is 35.5. The Labute approximate surface area is 111 Å². The maximum atomic E-state index is 13.7. The Morgan fingerprint density at radius 2 is 1.68 bits per heavy atom. The topological polar surface area (TPSA) is 37.3 Å². The molecule has 0 saturated heterocycles. The molecule has 0 heterocycles. The molecule has 98 valence electrons. The summed E-state index contributed by atoms with van der Waals surface area (Å²) in [5.41, 5.74) is -1.20. The van der Waals surface area contributed by atoms with Crippen LogP contribution in [0.4, 0.5) is 13.2 Å². The number of rotatable bonds is 2. The summed E-state index contributed by atoms with van der Waals surface area (Å²) in [6, 6.07) is 4.79. The Hall–Kier alpha value is -2.01. The molecule has 0 aliphatic carbocycles. The van der Waals surface area contributed by atoms with E-state index in [2.05, 4.69) is 0 Å². The van der Waals surface area contributed by atoms with E-state index in [1.807, 2.05) is 0 Å². The molecule has 1 N–H and O–H groups in total. The van der Waals surface area contributed by atoms with Crippen molar-refractivity contribution in [2.45, 2.75) is 0 Å². The van der Waals surface area contributed by atoms with Gasteiger partial charge in [0.25, 0.3) is 0 Å². The Morgan fingerprint density at radius 1 is 1.00 bits per heavy atom. The summed E-state index contributed by atoms with van der Waals surface area (Å²) >= 11 is 5.56. The van der Waals surface area contributed by atoms with Crippen molar-refractivity contribution in [2.75, 3.05) is 0 Å². The molecule has 2 aromatic carbocycles. The lowest BCUT2D eigenvalue weighted by molar-refractivity contribution is 0.0696. The molecular weight excluding hydrogens is 281 g/mol. The quantitative estimate of drug-likeness (QED) is 0.901. The van der Waals surface area contributed by atoms with Gasteiger partial charge in [-0.1, -0.05) is 11.6 Å². The fourth-order valence-electron chi connectivity index (χ4n) is 1.62. The maximum Gasteiger partial charge on any atom is 0.335 e. The molecule has 6 heteroatoms. The summed E-state index contributed by atoms with van der Waals surface area (Å²) < 4.78 is 40.6. The van der Waals surface area contributed by atoms with Gasteiger partial charge in [-0.3, -0.25) is 0 Å². The first-order chi connectivity index (χ1) is 8.90. The minimum absolute atomic E-state index is 0.0940.